The Morgan fingerprint density at radius 2 is 1.84 bits per heavy atom. The van der Waals surface area contributed by atoms with Crippen LogP contribution in [0.15, 0.2) is 48.7 Å². The second-order valence-corrected chi connectivity index (χ2v) is 9.08. The summed E-state index contributed by atoms with van der Waals surface area (Å²) in [6.07, 6.45) is -2.31. The summed E-state index contributed by atoms with van der Waals surface area (Å²) in [6, 6.07) is 12.8. The Bertz CT molecular complexity index is 1330. The largest absolute Gasteiger partial charge is 0.405 e. The summed E-state index contributed by atoms with van der Waals surface area (Å²) in [5, 5.41) is 11.3. The van der Waals surface area contributed by atoms with E-state index < -0.39 is 18.6 Å². The van der Waals surface area contributed by atoms with Crippen LogP contribution in [0.5, 0.6) is 0 Å². The fourth-order valence-corrected chi connectivity index (χ4v) is 3.90. The first kappa shape index (κ1) is 26.9. The monoisotopic (exact) mass is 527 g/mol. The predicted molar refractivity (Wildman–Crippen MR) is 138 cm³/mol. The van der Waals surface area contributed by atoms with Gasteiger partial charge in [0.05, 0.1) is 6.42 Å². The van der Waals surface area contributed by atoms with Crippen molar-refractivity contribution >= 4 is 35.0 Å². The van der Waals surface area contributed by atoms with E-state index in [0.29, 0.717) is 11.3 Å². The number of carbonyl (C=O) groups is 2. The van der Waals surface area contributed by atoms with Gasteiger partial charge in [-0.25, -0.2) is 4.98 Å². The lowest BCUT2D eigenvalue weighted by molar-refractivity contribution is -0.128. The highest BCUT2D eigenvalue weighted by Gasteiger charge is 2.29. The van der Waals surface area contributed by atoms with E-state index in [1.165, 1.54) is 16.7 Å². The lowest BCUT2D eigenvalue weighted by Gasteiger charge is -2.18. The van der Waals surface area contributed by atoms with E-state index in [2.05, 4.69) is 25.9 Å². The maximum Gasteiger partial charge on any atom is 0.405 e. The number of likely N-dealkylation sites (N-methyl/N-ethyl adjacent to an activating group) is 1. The third-order valence-corrected chi connectivity index (χ3v) is 5.88. The molecular formula is C26H28F3N7O2. The Morgan fingerprint density at radius 1 is 1.05 bits per heavy atom. The molecule has 0 spiro atoms. The molecule has 12 heteroatoms. The van der Waals surface area contributed by atoms with E-state index in [-0.39, 0.29) is 29.7 Å². The van der Waals surface area contributed by atoms with E-state index in [0.717, 1.165) is 30.8 Å². The molecule has 2 amide bonds. The fourth-order valence-electron chi connectivity index (χ4n) is 3.90. The Labute approximate surface area is 217 Å². The SMILES string of the molecule is CN(C)C(=O)Cc1cccc(Nc2nc(Nc3ccc4c(c3)CNCC4)ncc2C(=O)NCC(F)(F)F)c1. The Hall–Kier alpha value is -4.19. The van der Waals surface area contributed by atoms with Gasteiger partial charge in [-0.15, -0.1) is 0 Å². The van der Waals surface area contributed by atoms with Crippen molar-refractivity contribution in [3.63, 3.8) is 0 Å². The van der Waals surface area contributed by atoms with Gasteiger partial charge in [0.2, 0.25) is 11.9 Å². The quantitative estimate of drug-likeness (QED) is 0.355. The van der Waals surface area contributed by atoms with Gasteiger partial charge < -0.3 is 26.2 Å². The van der Waals surface area contributed by atoms with Crippen molar-refractivity contribution in [3.05, 3.63) is 70.9 Å². The van der Waals surface area contributed by atoms with Crippen molar-refractivity contribution in [2.45, 2.75) is 25.6 Å². The molecule has 38 heavy (non-hydrogen) atoms. The number of halogens is 3. The second-order valence-electron chi connectivity index (χ2n) is 9.08. The zero-order chi connectivity index (χ0) is 27.3. The van der Waals surface area contributed by atoms with Gasteiger partial charge in [-0.3, -0.25) is 9.59 Å². The number of benzene rings is 2. The Morgan fingerprint density at radius 3 is 2.61 bits per heavy atom. The normalized spacial score (nSPS) is 12.9. The van der Waals surface area contributed by atoms with E-state index in [4.69, 9.17) is 0 Å². The average Bonchev–Trinajstić information content (AvgIpc) is 2.87. The molecule has 4 rings (SSSR count). The van der Waals surface area contributed by atoms with Gasteiger partial charge in [-0.2, -0.15) is 18.2 Å². The number of nitrogens with zero attached hydrogens (tertiary/aromatic N) is 3. The van der Waals surface area contributed by atoms with Crippen LogP contribution in [-0.4, -0.2) is 60.0 Å². The molecule has 0 unspecified atom stereocenters. The summed E-state index contributed by atoms with van der Waals surface area (Å²) >= 11 is 0. The number of hydrogen-bond donors (Lipinski definition) is 4. The molecule has 1 aliphatic rings. The number of rotatable bonds is 8. The van der Waals surface area contributed by atoms with Gasteiger partial charge in [-0.1, -0.05) is 18.2 Å². The molecule has 0 atom stereocenters. The van der Waals surface area contributed by atoms with Crippen LogP contribution in [0.25, 0.3) is 0 Å². The Balaban J connectivity index is 1.61. The predicted octanol–water partition coefficient (Wildman–Crippen LogP) is 3.53. The second kappa shape index (κ2) is 11.5. The summed E-state index contributed by atoms with van der Waals surface area (Å²) in [5.74, 6) is -0.904. The molecule has 0 saturated carbocycles. The van der Waals surface area contributed by atoms with Crippen LogP contribution >= 0.6 is 0 Å². The van der Waals surface area contributed by atoms with E-state index in [9.17, 15) is 22.8 Å². The number of alkyl halides is 3. The molecule has 0 aliphatic carbocycles. The van der Waals surface area contributed by atoms with Crippen molar-refractivity contribution in [1.82, 2.24) is 25.5 Å². The van der Waals surface area contributed by atoms with Gasteiger partial charge in [-0.05, 0) is 53.9 Å². The zero-order valence-corrected chi connectivity index (χ0v) is 20.9. The molecule has 0 radical (unpaired) electrons. The average molecular weight is 528 g/mol. The van der Waals surface area contributed by atoms with Crippen molar-refractivity contribution in [1.29, 1.82) is 0 Å². The summed E-state index contributed by atoms with van der Waals surface area (Å²) in [7, 11) is 3.31. The van der Waals surface area contributed by atoms with E-state index in [1.807, 2.05) is 23.5 Å². The third kappa shape index (κ3) is 7.19. The molecule has 1 aromatic heterocycles. The van der Waals surface area contributed by atoms with Gasteiger partial charge in [0.1, 0.15) is 17.9 Å². The van der Waals surface area contributed by atoms with Crippen LogP contribution in [-0.2, 0) is 24.2 Å². The maximum absolute atomic E-state index is 12.7. The van der Waals surface area contributed by atoms with Crippen molar-refractivity contribution in [2.24, 2.45) is 0 Å². The standard InChI is InChI=1S/C26H28F3N7O2/c1-36(2)22(37)11-16-4-3-5-19(10-16)33-23-21(24(38)32-15-26(27,28)29)14-31-25(35-23)34-20-7-6-17-8-9-30-13-18(17)12-20/h3-7,10,12,14,30H,8-9,11,13,15H2,1-2H3,(H,32,38)(H2,31,33,34,35). The lowest BCUT2D eigenvalue weighted by Crippen LogP contribution is -2.34. The van der Waals surface area contributed by atoms with Crippen LogP contribution in [0.4, 0.5) is 36.3 Å². The van der Waals surface area contributed by atoms with Gasteiger partial charge in [0.25, 0.3) is 5.91 Å². The topological polar surface area (TPSA) is 111 Å². The highest BCUT2D eigenvalue weighted by molar-refractivity contribution is 5.99. The molecule has 2 aromatic carbocycles. The number of hydrogen-bond acceptors (Lipinski definition) is 7. The Kier molecular flexibility index (Phi) is 8.10. The molecule has 4 N–H and O–H groups in total. The number of carbonyl (C=O) groups excluding carboxylic acids is 2. The summed E-state index contributed by atoms with van der Waals surface area (Å²) < 4.78 is 38.1. The van der Waals surface area contributed by atoms with E-state index in [1.54, 1.807) is 38.4 Å². The molecule has 3 aromatic rings. The number of aromatic nitrogens is 2. The van der Waals surface area contributed by atoms with E-state index >= 15 is 0 Å². The minimum Gasteiger partial charge on any atom is -0.349 e. The highest BCUT2D eigenvalue weighted by Crippen LogP contribution is 2.25. The first-order valence-electron chi connectivity index (χ1n) is 11.9. The van der Waals surface area contributed by atoms with Gasteiger partial charge in [0.15, 0.2) is 0 Å². The molecule has 200 valence electrons. The molecular weight excluding hydrogens is 499 g/mol. The molecule has 0 bridgehead atoms. The van der Waals surface area contributed by atoms with Crippen molar-refractivity contribution in [3.8, 4) is 0 Å². The number of anilines is 4. The minimum absolute atomic E-state index is 0.0119. The van der Waals surface area contributed by atoms with Crippen molar-refractivity contribution < 1.29 is 22.8 Å². The molecule has 0 saturated heterocycles. The fraction of sp³-hybridized carbons (Fsp3) is 0.308. The zero-order valence-electron chi connectivity index (χ0n) is 20.9. The lowest BCUT2D eigenvalue weighted by atomic mass is 10.0. The molecule has 0 fully saturated rings. The first-order chi connectivity index (χ1) is 18.1. The summed E-state index contributed by atoms with van der Waals surface area (Å²) in [6.45, 7) is 0.167. The number of nitrogens with one attached hydrogen (secondary N) is 4. The summed E-state index contributed by atoms with van der Waals surface area (Å²) in [4.78, 5) is 34.8. The third-order valence-electron chi connectivity index (χ3n) is 5.88. The van der Waals surface area contributed by atoms with Crippen LogP contribution in [0.2, 0.25) is 0 Å². The molecule has 9 nitrogen and oxygen atoms in total. The van der Waals surface area contributed by atoms with Crippen LogP contribution < -0.4 is 21.3 Å². The number of fused-ring (bicyclic) bond motifs is 1. The molecule has 2 heterocycles. The molecule has 1 aliphatic heterocycles. The summed E-state index contributed by atoms with van der Waals surface area (Å²) in [5.41, 5.74) is 4.19. The van der Waals surface area contributed by atoms with Crippen LogP contribution in [0.3, 0.4) is 0 Å². The first-order valence-corrected chi connectivity index (χ1v) is 11.9. The van der Waals surface area contributed by atoms with Crippen LogP contribution in [0, 0.1) is 0 Å². The van der Waals surface area contributed by atoms with Crippen molar-refractivity contribution in [2.75, 3.05) is 37.8 Å². The minimum atomic E-state index is -4.57. The number of amides is 2. The van der Waals surface area contributed by atoms with Crippen LogP contribution in [0.1, 0.15) is 27.0 Å². The maximum atomic E-state index is 12.7. The van der Waals surface area contributed by atoms with Gasteiger partial charge >= 0.3 is 6.18 Å². The highest BCUT2D eigenvalue weighted by atomic mass is 19.4. The smallest absolute Gasteiger partial charge is 0.349 e. The van der Waals surface area contributed by atoms with Gasteiger partial charge in [0, 0.05) is 38.2 Å².